The number of imidazole rings is 1. The third-order valence-corrected chi connectivity index (χ3v) is 6.27. The molecule has 1 atom stereocenters. The largest absolute Gasteiger partial charge is 0.339 e. The van der Waals surface area contributed by atoms with Crippen LogP contribution in [0.2, 0.25) is 0 Å². The Morgan fingerprint density at radius 3 is 2.78 bits per heavy atom. The van der Waals surface area contributed by atoms with Crippen molar-refractivity contribution in [3.8, 4) is 0 Å². The van der Waals surface area contributed by atoms with Gasteiger partial charge in [0.25, 0.3) is 0 Å². The third-order valence-electron chi connectivity index (χ3n) is 6.27. The zero-order valence-electron chi connectivity index (χ0n) is 16.4. The maximum atomic E-state index is 12.9. The van der Waals surface area contributed by atoms with Gasteiger partial charge in [-0.3, -0.25) is 9.69 Å². The van der Waals surface area contributed by atoms with Crippen molar-refractivity contribution in [1.29, 1.82) is 0 Å². The molecule has 1 saturated heterocycles. The summed E-state index contributed by atoms with van der Waals surface area (Å²) in [4.78, 5) is 21.2. The average molecular weight is 372 g/mol. The number of carbonyl (C=O) groups excluding carboxylic acids is 1. The number of hydrogen-bond donors (Lipinski definition) is 0. The summed E-state index contributed by atoms with van der Waals surface area (Å²) < 4.78 is 3.92. The van der Waals surface area contributed by atoms with Gasteiger partial charge >= 0.3 is 0 Å². The lowest BCUT2D eigenvalue weighted by molar-refractivity contribution is -0.131. The summed E-state index contributed by atoms with van der Waals surface area (Å²) in [6, 6.07) is 0.380. The molecule has 1 aliphatic carbocycles. The second-order valence-electron chi connectivity index (χ2n) is 7.98. The minimum atomic E-state index is -0.342. The molecule has 2 fully saturated rings. The Labute approximate surface area is 159 Å². The Balaban J connectivity index is 1.56. The first kappa shape index (κ1) is 18.1. The Hall–Kier alpha value is -2.29. The quantitative estimate of drug-likeness (QED) is 0.778. The van der Waals surface area contributed by atoms with Crippen molar-refractivity contribution in [2.45, 2.75) is 57.2 Å². The second kappa shape index (κ2) is 7.03. The van der Waals surface area contributed by atoms with E-state index in [0.717, 1.165) is 30.9 Å². The van der Waals surface area contributed by atoms with Gasteiger partial charge in [0.15, 0.2) is 5.82 Å². The Kier molecular flexibility index (Phi) is 4.71. The number of amides is 1. The minimum absolute atomic E-state index is 0.111. The summed E-state index contributed by atoms with van der Waals surface area (Å²) in [5.41, 5.74) is -0.342. The number of aryl methyl sites for hydroxylation is 1. The van der Waals surface area contributed by atoms with Crippen molar-refractivity contribution in [2.75, 3.05) is 27.2 Å². The van der Waals surface area contributed by atoms with Gasteiger partial charge in [-0.2, -0.15) is 0 Å². The Morgan fingerprint density at radius 2 is 2.11 bits per heavy atom. The van der Waals surface area contributed by atoms with Gasteiger partial charge in [0.2, 0.25) is 5.91 Å². The van der Waals surface area contributed by atoms with Gasteiger partial charge in [0.1, 0.15) is 17.9 Å². The van der Waals surface area contributed by atoms with Crippen LogP contribution >= 0.6 is 0 Å². The van der Waals surface area contributed by atoms with E-state index in [4.69, 9.17) is 0 Å². The molecule has 3 heterocycles. The Morgan fingerprint density at radius 1 is 1.33 bits per heavy atom. The van der Waals surface area contributed by atoms with Gasteiger partial charge in [-0.15, -0.1) is 5.10 Å². The molecule has 1 amide bonds. The molecule has 0 spiro atoms. The molecule has 9 heteroatoms. The van der Waals surface area contributed by atoms with Crippen LogP contribution in [0, 0.1) is 6.92 Å². The monoisotopic (exact) mass is 372 g/mol. The molecule has 2 aromatic heterocycles. The first-order chi connectivity index (χ1) is 13.0. The summed E-state index contributed by atoms with van der Waals surface area (Å²) in [5.74, 6) is 1.86. The fourth-order valence-corrected chi connectivity index (χ4v) is 4.47. The smallest absolute Gasteiger partial charge is 0.242 e. The van der Waals surface area contributed by atoms with Crippen LogP contribution in [0.4, 0.5) is 0 Å². The molecular weight excluding hydrogens is 344 g/mol. The van der Waals surface area contributed by atoms with Gasteiger partial charge in [0, 0.05) is 25.5 Å². The van der Waals surface area contributed by atoms with E-state index in [2.05, 4.69) is 39.5 Å². The summed E-state index contributed by atoms with van der Waals surface area (Å²) in [6.07, 6.45) is 9.13. The second-order valence-corrected chi connectivity index (χ2v) is 7.98. The van der Waals surface area contributed by atoms with Crippen molar-refractivity contribution >= 4 is 5.91 Å². The number of hydrogen-bond acceptors (Lipinski definition) is 6. The molecular formula is C18H28N8O. The molecule has 1 unspecified atom stereocenters. The highest BCUT2D eigenvalue weighted by Crippen LogP contribution is 2.38. The van der Waals surface area contributed by atoms with Gasteiger partial charge < -0.3 is 9.47 Å². The summed E-state index contributed by atoms with van der Waals surface area (Å²) in [5, 5.41) is 12.8. The maximum absolute atomic E-state index is 12.9. The molecule has 4 rings (SSSR count). The SMILES string of the molecule is Cc1nccn1CC(=O)N1CCC(c2nnnn2C2CCCC2)(N(C)C)C1. The highest BCUT2D eigenvalue weighted by molar-refractivity contribution is 5.76. The van der Waals surface area contributed by atoms with Gasteiger partial charge in [-0.25, -0.2) is 9.67 Å². The van der Waals surface area contributed by atoms with Crippen LogP contribution in [0.5, 0.6) is 0 Å². The number of nitrogens with zero attached hydrogens (tertiary/aromatic N) is 8. The molecule has 0 N–H and O–H groups in total. The number of likely N-dealkylation sites (tertiary alicyclic amines) is 1. The molecule has 9 nitrogen and oxygen atoms in total. The van der Waals surface area contributed by atoms with E-state index in [1.807, 2.05) is 27.3 Å². The molecule has 1 aliphatic heterocycles. The van der Waals surface area contributed by atoms with Gasteiger partial charge in [0.05, 0.1) is 6.04 Å². The van der Waals surface area contributed by atoms with E-state index in [1.54, 1.807) is 6.20 Å². The van der Waals surface area contributed by atoms with E-state index in [0.29, 0.717) is 25.7 Å². The molecule has 0 radical (unpaired) electrons. The predicted octanol–water partition coefficient (Wildman–Crippen LogP) is 0.983. The lowest BCUT2D eigenvalue weighted by atomic mass is 9.95. The number of carbonyl (C=O) groups is 1. The molecule has 2 aliphatic rings. The highest BCUT2D eigenvalue weighted by Gasteiger charge is 2.47. The first-order valence-corrected chi connectivity index (χ1v) is 9.72. The lowest BCUT2D eigenvalue weighted by Crippen LogP contribution is -2.47. The van der Waals surface area contributed by atoms with E-state index >= 15 is 0 Å². The number of rotatable bonds is 5. The van der Waals surface area contributed by atoms with Gasteiger partial charge in [-0.05, 0) is 50.7 Å². The fraction of sp³-hybridized carbons (Fsp3) is 0.722. The van der Waals surface area contributed by atoms with Crippen LogP contribution in [-0.4, -0.2) is 72.7 Å². The van der Waals surface area contributed by atoms with Crippen LogP contribution in [0.15, 0.2) is 12.4 Å². The zero-order valence-corrected chi connectivity index (χ0v) is 16.4. The highest BCUT2D eigenvalue weighted by atomic mass is 16.2. The maximum Gasteiger partial charge on any atom is 0.242 e. The van der Waals surface area contributed by atoms with Crippen molar-refractivity contribution < 1.29 is 4.79 Å². The molecule has 146 valence electrons. The third kappa shape index (κ3) is 3.13. The van der Waals surface area contributed by atoms with Crippen molar-refractivity contribution in [1.82, 2.24) is 39.6 Å². The van der Waals surface area contributed by atoms with Crippen molar-refractivity contribution in [3.05, 3.63) is 24.0 Å². The minimum Gasteiger partial charge on any atom is -0.339 e. The summed E-state index contributed by atoms with van der Waals surface area (Å²) in [7, 11) is 4.11. The van der Waals surface area contributed by atoms with Crippen LogP contribution in [0.3, 0.4) is 0 Å². The lowest BCUT2D eigenvalue weighted by Gasteiger charge is -2.35. The van der Waals surface area contributed by atoms with E-state index < -0.39 is 0 Å². The fourth-order valence-electron chi connectivity index (χ4n) is 4.47. The van der Waals surface area contributed by atoms with Crippen LogP contribution < -0.4 is 0 Å². The molecule has 1 saturated carbocycles. The van der Waals surface area contributed by atoms with Gasteiger partial charge in [-0.1, -0.05) is 12.8 Å². The standard InChI is InChI=1S/C18H28N8O/c1-14-19-9-11-24(14)12-16(27)25-10-8-18(13-25,23(2)3)17-20-21-22-26(17)15-6-4-5-7-15/h9,11,15H,4-8,10,12-13H2,1-3H3. The molecule has 2 aromatic rings. The van der Waals surface area contributed by atoms with Crippen molar-refractivity contribution in [2.24, 2.45) is 0 Å². The predicted molar refractivity (Wildman–Crippen MR) is 98.8 cm³/mol. The normalized spacial score (nSPS) is 23.6. The topological polar surface area (TPSA) is 85.0 Å². The number of aromatic nitrogens is 6. The van der Waals surface area contributed by atoms with Crippen molar-refractivity contribution in [3.63, 3.8) is 0 Å². The van der Waals surface area contributed by atoms with Crippen LogP contribution in [0.1, 0.15) is 49.8 Å². The number of likely N-dealkylation sites (N-methyl/N-ethyl adjacent to an activating group) is 1. The number of tetrazole rings is 1. The van der Waals surface area contributed by atoms with Crippen LogP contribution in [0.25, 0.3) is 0 Å². The Bertz CT molecular complexity index is 806. The molecule has 0 bridgehead atoms. The van der Waals surface area contributed by atoms with Crippen LogP contribution in [-0.2, 0) is 16.9 Å². The molecule has 0 aromatic carbocycles. The van der Waals surface area contributed by atoms with E-state index in [9.17, 15) is 4.79 Å². The first-order valence-electron chi connectivity index (χ1n) is 9.72. The van der Waals surface area contributed by atoms with E-state index in [-0.39, 0.29) is 11.4 Å². The summed E-state index contributed by atoms with van der Waals surface area (Å²) >= 11 is 0. The van der Waals surface area contributed by atoms with E-state index in [1.165, 1.54) is 12.8 Å². The average Bonchev–Trinajstić information content (AvgIpc) is 3.42. The summed E-state index contributed by atoms with van der Waals surface area (Å²) in [6.45, 7) is 3.56. The molecule has 27 heavy (non-hydrogen) atoms. The zero-order chi connectivity index (χ0) is 19.0.